The molecule has 0 N–H and O–H groups in total. The standard InChI is InChI=1S/C13H7F2NO/c14-9-6-12(15)11(8-16)13(7-9)17-10-4-2-1-3-5-10/h1-7H. The SMILES string of the molecule is N#Cc1c(F)cc(F)cc1Oc1ccccc1. The molecular weight excluding hydrogens is 224 g/mol. The molecule has 0 atom stereocenters. The quantitative estimate of drug-likeness (QED) is 0.790. The maximum atomic E-state index is 13.3. The minimum atomic E-state index is -0.932. The van der Waals surface area contributed by atoms with Crippen LogP contribution >= 0.6 is 0 Å². The van der Waals surface area contributed by atoms with Gasteiger partial charge in [-0.1, -0.05) is 18.2 Å². The van der Waals surface area contributed by atoms with Crippen molar-refractivity contribution in [3.05, 3.63) is 59.7 Å². The lowest BCUT2D eigenvalue weighted by atomic mass is 10.2. The fraction of sp³-hybridized carbons (Fsp3) is 0. The van der Waals surface area contributed by atoms with E-state index in [1.807, 2.05) is 0 Å². The van der Waals surface area contributed by atoms with Gasteiger partial charge < -0.3 is 4.74 Å². The van der Waals surface area contributed by atoms with Crippen molar-refractivity contribution >= 4 is 0 Å². The largest absolute Gasteiger partial charge is 0.456 e. The molecule has 0 fully saturated rings. The zero-order valence-corrected chi connectivity index (χ0v) is 8.65. The van der Waals surface area contributed by atoms with Crippen LogP contribution in [0.5, 0.6) is 11.5 Å². The Morgan fingerprint density at radius 3 is 2.41 bits per heavy atom. The zero-order chi connectivity index (χ0) is 12.3. The number of halogens is 2. The molecule has 0 heterocycles. The molecule has 17 heavy (non-hydrogen) atoms. The Kier molecular flexibility index (Phi) is 3.01. The summed E-state index contributed by atoms with van der Waals surface area (Å²) in [4.78, 5) is 0. The molecule has 84 valence electrons. The van der Waals surface area contributed by atoms with Crippen LogP contribution in [0.1, 0.15) is 5.56 Å². The van der Waals surface area contributed by atoms with E-state index in [1.54, 1.807) is 36.4 Å². The van der Waals surface area contributed by atoms with Crippen LogP contribution in [0.25, 0.3) is 0 Å². The highest BCUT2D eigenvalue weighted by molar-refractivity contribution is 5.46. The molecular formula is C13H7F2NO. The molecule has 0 aromatic heterocycles. The van der Waals surface area contributed by atoms with E-state index in [-0.39, 0.29) is 11.3 Å². The Morgan fingerprint density at radius 2 is 1.76 bits per heavy atom. The first-order chi connectivity index (χ1) is 8.20. The Hall–Kier alpha value is -2.41. The number of benzene rings is 2. The van der Waals surface area contributed by atoms with E-state index in [0.29, 0.717) is 11.8 Å². The molecule has 0 spiro atoms. The van der Waals surface area contributed by atoms with Gasteiger partial charge in [-0.05, 0) is 12.1 Å². The average Bonchev–Trinajstić information content (AvgIpc) is 2.30. The fourth-order valence-electron chi connectivity index (χ4n) is 1.35. The van der Waals surface area contributed by atoms with Gasteiger partial charge in [0.05, 0.1) is 0 Å². The van der Waals surface area contributed by atoms with E-state index in [0.717, 1.165) is 6.07 Å². The first-order valence-corrected chi connectivity index (χ1v) is 4.83. The Morgan fingerprint density at radius 1 is 1.06 bits per heavy atom. The molecule has 0 aliphatic rings. The van der Waals surface area contributed by atoms with Crippen molar-refractivity contribution in [3.63, 3.8) is 0 Å². The predicted octanol–water partition coefficient (Wildman–Crippen LogP) is 3.63. The van der Waals surface area contributed by atoms with Gasteiger partial charge in [0, 0.05) is 12.1 Å². The van der Waals surface area contributed by atoms with Crippen LogP contribution in [0.15, 0.2) is 42.5 Å². The van der Waals surface area contributed by atoms with Crippen LogP contribution in [0, 0.1) is 23.0 Å². The lowest BCUT2D eigenvalue weighted by Crippen LogP contribution is -1.93. The molecule has 2 aromatic carbocycles. The van der Waals surface area contributed by atoms with Crippen molar-refractivity contribution < 1.29 is 13.5 Å². The lowest BCUT2D eigenvalue weighted by molar-refractivity contribution is 0.466. The fourth-order valence-corrected chi connectivity index (χ4v) is 1.35. The first kappa shape index (κ1) is 11.1. The van der Waals surface area contributed by atoms with Gasteiger partial charge in [-0.25, -0.2) is 8.78 Å². The third kappa shape index (κ3) is 2.40. The molecule has 0 aliphatic carbocycles. The third-order valence-electron chi connectivity index (χ3n) is 2.10. The van der Waals surface area contributed by atoms with Crippen molar-refractivity contribution in [3.8, 4) is 17.6 Å². The Balaban J connectivity index is 2.43. The van der Waals surface area contributed by atoms with Crippen LogP contribution in [-0.2, 0) is 0 Å². The van der Waals surface area contributed by atoms with Gasteiger partial charge in [0.1, 0.15) is 29.0 Å². The van der Waals surface area contributed by atoms with Gasteiger partial charge in [0.25, 0.3) is 0 Å². The molecule has 2 rings (SSSR count). The number of ether oxygens (including phenoxy) is 1. The van der Waals surface area contributed by atoms with Crippen LogP contribution in [0.2, 0.25) is 0 Å². The Labute approximate surface area is 96.7 Å². The summed E-state index contributed by atoms with van der Waals surface area (Å²) in [5.41, 5.74) is -0.310. The smallest absolute Gasteiger partial charge is 0.151 e. The second-order valence-electron chi connectivity index (χ2n) is 3.29. The average molecular weight is 231 g/mol. The summed E-state index contributed by atoms with van der Waals surface area (Å²) < 4.78 is 31.5. The topological polar surface area (TPSA) is 33.0 Å². The summed E-state index contributed by atoms with van der Waals surface area (Å²) >= 11 is 0. The number of nitriles is 1. The monoisotopic (exact) mass is 231 g/mol. The highest BCUT2D eigenvalue weighted by Gasteiger charge is 2.12. The van der Waals surface area contributed by atoms with Crippen molar-refractivity contribution in [2.24, 2.45) is 0 Å². The predicted molar refractivity (Wildman–Crippen MR) is 57.6 cm³/mol. The Bertz CT molecular complexity index is 576. The molecule has 2 aromatic rings. The van der Waals surface area contributed by atoms with Gasteiger partial charge >= 0.3 is 0 Å². The van der Waals surface area contributed by atoms with Crippen LogP contribution in [-0.4, -0.2) is 0 Å². The van der Waals surface area contributed by atoms with E-state index in [9.17, 15) is 8.78 Å². The molecule has 2 nitrogen and oxygen atoms in total. The number of hydrogen-bond acceptors (Lipinski definition) is 2. The van der Waals surface area contributed by atoms with E-state index in [1.165, 1.54) is 0 Å². The van der Waals surface area contributed by atoms with E-state index in [4.69, 9.17) is 10.00 Å². The summed E-state index contributed by atoms with van der Waals surface area (Å²) in [6, 6.07) is 11.8. The van der Waals surface area contributed by atoms with Crippen molar-refractivity contribution in [1.82, 2.24) is 0 Å². The van der Waals surface area contributed by atoms with Gasteiger partial charge in [-0.2, -0.15) is 5.26 Å². The van der Waals surface area contributed by atoms with Gasteiger partial charge in [-0.15, -0.1) is 0 Å². The minimum absolute atomic E-state index is 0.129. The van der Waals surface area contributed by atoms with Crippen molar-refractivity contribution in [2.75, 3.05) is 0 Å². The summed E-state index contributed by atoms with van der Waals surface area (Å²) in [5.74, 6) is -1.43. The molecule has 0 aliphatic heterocycles. The van der Waals surface area contributed by atoms with Gasteiger partial charge in [0.2, 0.25) is 0 Å². The van der Waals surface area contributed by atoms with Gasteiger partial charge in [-0.3, -0.25) is 0 Å². The molecule has 0 radical (unpaired) electrons. The molecule has 0 saturated carbocycles. The number of rotatable bonds is 2. The molecule has 0 unspecified atom stereocenters. The van der Waals surface area contributed by atoms with E-state index >= 15 is 0 Å². The van der Waals surface area contributed by atoms with Crippen LogP contribution in [0.4, 0.5) is 8.78 Å². The summed E-state index contributed by atoms with van der Waals surface area (Å²) in [7, 11) is 0. The molecule has 0 bridgehead atoms. The van der Waals surface area contributed by atoms with Crippen molar-refractivity contribution in [1.29, 1.82) is 5.26 Å². The minimum Gasteiger partial charge on any atom is -0.456 e. The van der Waals surface area contributed by atoms with Crippen LogP contribution < -0.4 is 4.74 Å². The number of nitrogens with zero attached hydrogens (tertiary/aromatic N) is 1. The summed E-state index contributed by atoms with van der Waals surface area (Å²) in [6.45, 7) is 0. The molecule has 4 heteroatoms. The van der Waals surface area contributed by atoms with Crippen LogP contribution in [0.3, 0.4) is 0 Å². The highest BCUT2D eigenvalue weighted by Crippen LogP contribution is 2.27. The maximum absolute atomic E-state index is 13.3. The molecule has 0 amide bonds. The zero-order valence-electron chi connectivity index (χ0n) is 8.65. The van der Waals surface area contributed by atoms with E-state index < -0.39 is 11.6 Å². The third-order valence-corrected chi connectivity index (χ3v) is 2.10. The van der Waals surface area contributed by atoms with E-state index in [2.05, 4.69) is 0 Å². The lowest BCUT2D eigenvalue weighted by Gasteiger charge is -2.07. The highest BCUT2D eigenvalue weighted by atomic mass is 19.1. The summed E-state index contributed by atoms with van der Waals surface area (Å²) in [5, 5.41) is 8.78. The number of para-hydroxylation sites is 1. The second-order valence-corrected chi connectivity index (χ2v) is 3.29. The van der Waals surface area contributed by atoms with Crippen molar-refractivity contribution in [2.45, 2.75) is 0 Å². The normalized spacial score (nSPS) is 9.71. The molecule has 0 saturated heterocycles. The first-order valence-electron chi connectivity index (χ1n) is 4.83. The maximum Gasteiger partial charge on any atom is 0.151 e. The second kappa shape index (κ2) is 4.62. The van der Waals surface area contributed by atoms with Gasteiger partial charge in [0.15, 0.2) is 5.75 Å². The summed E-state index contributed by atoms with van der Waals surface area (Å²) in [6.07, 6.45) is 0. The number of hydrogen-bond donors (Lipinski definition) is 0.